The lowest BCUT2D eigenvalue weighted by Crippen LogP contribution is -2.56. The molecule has 0 aliphatic carbocycles. The van der Waals surface area contributed by atoms with Gasteiger partial charge in [-0.1, -0.05) is 16.9 Å². The third-order valence-corrected chi connectivity index (χ3v) is 4.73. The lowest BCUT2D eigenvalue weighted by molar-refractivity contribution is -0.159. The molecular weight excluding hydrogens is 365 g/mol. The van der Waals surface area contributed by atoms with Crippen LogP contribution in [0.3, 0.4) is 0 Å². The van der Waals surface area contributed by atoms with Crippen LogP contribution in [-0.2, 0) is 10.9 Å². The smallest absolute Gasteiger partial charge is 0.394 e. The van der Waals surface area contributed by atoms with E-state index in [2.05, 4.69) is 15.0 Å². The van der Waals surface area contributed by atoms with E-state index in [0.29, 0.717) is 0 Å². The highest BCUT2D eigenvalue weighted by molar-refractivity contribution is 7.99. The molecule has 1 aromatic rings. The van der Waals surface area contributed by atoms with Gasteiger partial charge in [-0.3, -0.25) is 4.98 Å². The monoisotopic (exact) mass is 380 g/mol. The molecule has 12 heteroatoms. The van der Waals surface area contributed by atoms with Gasteiger partial charge in [0.15, 0.2) is 0 Å². The minimum Gasteiger partial charge on any atom is -0.394 e. The molecule has 1 fully saturated rings. The highest BCUT2D eigenvalue weighted by Gasteiger charge is 2.44. The second-order valence-corrected chi connectivity index (χ2v) is 6.53. The van der Waals surface area contributed by atoms with E-state index in [4.69, 9.17) is 10.3 Å². The predicted octanol–water partition coefficient (Wildman–Crippen LogP) is 1.62. The van der Waals surface area contributed by atoms with Crippen LogP contribution in [0.15, 0.2) is 22.3 Å². The van der Waals surface area contributed by atoms with Crippen LogP contribution in [0.25, 0.3) is 10.4 Å². The summed E-state index contributed by atoms with van der Waals surface area (Å²) < 4.78 is 43.6. The highest BCUT2D eigenvalue weighted by Crippen LogP contribution is 2.36. The van der Waals surface area contributed by atoms with E-state index in [1.807, 2.05) is 0 Å². The second kappa shape index (κ2) is 7.77. The molecule has 1 aliphatic rings. The normalized spacial score (nSPS) is 30.0. The molecule has 0 aromatic carbocycles. The average Bonchev–Trinajstić information content (AvgIpc) is 2.53. The van der Waals surface area contributed by atoms with E-state index in [0.717, 1.165) is 18.0 Å². The van der Waals surface area contributed by atoms with Crippen LogP contribution in [0.5, 0.6) is 0 Å². The molecule has 0 spiro atoms. The molecule has 25 heavy (non-hydrogen) atoms. The number of alkyl halides is 3. The molecule has 0 radical (unpaired) electrons. The number of aliphatic hydroxyl groups is 3. The fraction of sp³-hybridized carbons (Fsp3) is 0.615. The quantitative estimate of drug-likeness (QED) is 0.413. The Balaban J connectivity index is 2.23. The largest absolute Gasteiger partial charge is 0.433 e. The number of pyridine rings is 1. The predicted molar refractivity (Wildman–Crippen MR) is 80.5 cm³/mol. The standard InChI is InChI=1S/C13H15F3N4O4S/c1-5-2-6(3-18-11(5)13(14,15)16)25-12-10(23)8(19-20-17)9(22)7(4-21)24-12/h2-3,7-10,12,21-23H,4H2,1H3/t7?,8?,9-,10-,12+/m0/s1. The molecule has 5 atom stereocenters. The molecule has 0 amide bonds. The van der Waals surface area contributed by atoms with Gasteiger partial charge in [-0.25, -0.2) is 0 Å². The van der Waals surface area contributed by atoms with Crippen molar-refractivity contribution in [3.8, 4) is 0 Å². The van der Waals surface area contributed by atoms with Crippen molar-refractivity contribution in [2.24, 2.45) is 5.11 Å². The van der Waals surface area contributed by atoms with Gasteiger partial charge in [-0.2, -0.15) is 13.2 Å². The molecule has 2 heterocycles. The molecule has 1 saturated heterocycles. The lowest BCUT2D eigenvalue weighted by Gasteiger charge is -2.40. The van der Waals surface area contributed by atoms with Gasteiger partial charge < -0.3 is 20.1 Å². The number of aryl methyl sites for hydroxylation is 1. The number of hydrogen-bond donors (Lipinski definition) is 3. The van der Waals surface area contributed by atoms with Crippen LogP contribution in [0, 0.1) is 6.92 Å². The molecule has 1 aromatic heterocycles. The first-order valence-corrected chi connectivity index (χ1v) is 7.94. The Labute approximate surface area is 144 Å². The Morgan fingerprint density at radius 2 is 2.08 bits per heavy atom. The summed E-state index contributed by atoms with van der Waals surface area (Å²) in [6.07, 6.45) is -7.55. The van der Waals surface area contributed by atoms with Gasteiger partial charge >= 0.3 is 6.18 Å². The number of rotatable bonds is 4. The van der Waals surface area contributed by atoms with Crippen LogP contribution in [0.2, 0.25) is 0 Å². The third kappa shape index (κ3) is 4.35. The minimum absolute atomic E-state index is 0.104. The van der Waals surface area contributed by atoms with Crippen molar-refractivity contribution in [1.29, 1.82) is 0 Å². The molecule has 0 bridgehead atoms. The number of nitrogens with zero attached hydrogens (tertiary/aromatic N) is 4. The fourth-order valence-electron chi connectivity index (χ4n) is 2.41. The number of ether oxygens (including phenoxy) is 1. The number of azide groups is 1. The van der Waals surface area contributed by atoms with E-state index in [1.165, 1.54) is 13.0 Å². The summed E-state index contributed by atoms with van der Waals surface area (Å²) in [7, 11) is 0. The molecular formula is C13H15F3N4O4S. The molecule has 2 unspecified atom stereocenters. The maximum Gasteiger partial charge on any atom is 0.433 e. The van der Waals surface area contributed by atoms with E-state index in [1.54, 1.807) is 0 Å². The SMILES string of the molecule is Cc1cc(S[C@H]2OC(CO)[C@H](O)C(N=[N+]=[N-])[C@@H]2O)cnc1C(F)(F)F. The summed E-state index contributed by atoms with van der Waals surface area (Å²) in [4.78, 5) is 6.21. The highest BCUT2D eigenvalue weighted by atomic mass is 32.2. The Bertz CT molecular complexity index is 671. The Morgan fingerprint density at radius 1 is 1.40 bits per heavy atom. The topological polar surface area (TPSA) is 132 Å². The number of aliphatic hydroxyl groups excluding tert-OH is 3. The van der Waals surface area contributed by atoms with E-state index >= 15 is 0 Å². The molecule has 1 aliphatic heterocycles. The summed E-state index contributed by atoms with van der Waals surface area (Å²) in [6, 6.07) is -0.0325. The summed E-state index contributed by atoms with van der Waals surface area (Å²) in [6.45, 7) is 0.660. The van der Waals surface area contributed by atoms with Crippen molar-refractivity contribution in [2.75, 3.05) is 6.61 Å². The van der Waals surface area contributed by atoms with Gasteiger partial charge in [-0.15, -0.1) is 0 Å². The van der Waals surface area contributed by atoms with Crippen LogP contribution < -0.4 is 0 Å². The Hall–Kier alpha value is -1.56. The molecule has 138 valence electrons. The van der Waals surface area contributed by atoms with Crippen molar-refractivity contribution >= 4 is 11.8 Å². The van der Waals surface area contributed by atoms with Gasteiger partial charge in [0.2, 0.25) is 0 Å². The van der Waals surface area contributed by atoms with E-state index in [9.17, 15) is 28.5 Å². The van der Waals surface area contributed by atoms with E-state index in [-0.39, 0.29) is 10.5 Å². The fourth-order valence-corrected chi connectivity index (χ4v) is 3.53. The van der Waals surface area contributed by atoms with Crippen LogP contribution in [0.4, 0.5) is 13.2 Å². The molecule has 3 N–H and O–H groups in total. The zero-order chi connectivity index (χ0) is 18.8. The van der Waals surface area contributed by atoms with Gasteiger partial charge in [-0.05, 0) is 24.1 Å². The van der Waals surface area contributed by atoms with Crippen molar-refractivity contribution < 1.29 is 33.2 Å². The Kier molecular flexibility index (Phi) is 6.14. The average molecular weight is 380 g/mol. The summed E-state index contributed by atoms with van der Waals surface area (Å²) in [5.74, 6) is 0. The first-order valence-electron chi connectivity index (χ1n) is 7.06. The zero-order valence-corrected chi connectivity index (χ0v) is 13.6. The number of aromatic nitrogens is 1. The molecule has 2 rings (SSSR count). The van der Waals surface area contributed by atoms with Crippen LogP contribution in [0.1, 0.15) is 11.3 Å². The number of halogens is 3. The maximum atomic E-state index is 12.7. The van der Waals surface area contributed by atoms with Gasteiger partial charge in [0.05, 0.1) is 18.8 Å². The third-order valence-electron chi connectivity index (χ3n) is 3.61. The number of hydrogen-bond acceptors (Lipinski definition) is 7. The number of thioether (sulfide) groups is 1. The van der Waals surface area contributed by atoms with Crippen molar-refractivity contribution in [3.63, 3.8) is 0 Å². The van der Waals surface area contributed by atoms with Gasteiger partial charge in [0, 0.05) is 16.0 Å². The first-order chi connectivity index (χ1) is 11.7. The van der Waals surface area contributed by atoms with Crippen molar-refractivity contribution in [2.45, 2.75) is 47.8 Å². The lowest BCUT2D eigenvalue weighted by atomic mass is 9.98. The van der Waals surface area contributed by atoms with Crippen molar-refractivity contribution in [1.82, 2.24) is 4.98 Å². The van der Waals surface area contributed by atoms with Crippen LogP contribution >= 0.6 is 11.8 Å². The summed E-state index contributed by atoms with van der Waals surface area (Å²) in [5, 5.41) is 32.7. The van der Waals surface area contributed by atoms with Crippen LogP contribution in [-0.4, -0.2) is 56.7 Å². The van der Waals surface area contributed by atoms with Crippen molar-refractivity contribution in [3.05, 3.63) is 34.0 Å². The minimum atomic E-state index is -4.58. The van der Waals surface area contributed by atoms with Gasteiger partial charge in [0.25, 0.3) is 0 Å². The maximum absolute atomic E-state index is 12.7. The second-order valence-electron chi connectivity index (χ2n) is 5.35. The first kappa shape index (κ1) is 19.8. The molecule has 8 nitrogen and oxygen atoms in total. The Morgan fingerprint density at radius 3 is 2.60 bits per heavy atom. The molecule has 0 saturated carbocycles. The van der Waals surface area contributed by atoms with Gasteiger partial charge in [0.1, 0.15) is 23.3 Å². The zero-order valence-electron chi connectivity index (χ0n) is 12.8. The summed E-state index contributed by atoms with van der Waals surface area (Å²) in [5.41, 5.74) is 6.35. The van der Waals surface area contributed by atoms with E-state index < -0.39 is 48.3 Å². The summed E-state index contributed by atoms with van der Waals surface area (Å²) >= 11 is 0.849.